The molecule has 0 amide bonds. The van der Waals surface area contributed by atoms with E-state index in [-0.39, 0.29) is 0 Å². The van der Waals surface area contributed by atoms with Gasteiger partial charge in [0.05, 0.1) is 12.2 Å². The molecule has 1 saturated heterocycles. The van der Waals surface area contributed by atoms with Gasteiger partial charge in [-0.05, 0) is 32.7 Å². The molecule has 1 fully saturated rings. The van der Waals surface area contributed by atoms with E-state index in [0.717, 1.165) is 35.0 Å². The maximum absolute atomic E-state index is 9.12. The van der Waals surface area contributed by atoms with Gasteiger partial charge in [-0.2, -0.15) is 5.26 Å². The lowest BCUT2D eigenvalue weighted by Gasteiger charge is -2.32. The first-order valence-corrected chi connectivity index (χ1v) is 7.69. The predicted molar refractivity (Wildman–Crippen MR) is 74.5 cm³/mol. The molecule has 0 bridgehead atoms. The maximum atomic E-state index is 9.12. The summed E-state index contributed by atoms with van der Waals surface area (Å²) < 4.78 is 0. The molecule has 18 heavy (non-hydrogen) atoms. The zero-order valence-electron chi connectivity index (χ0n) is 11.3. The normalized spacial score (nSPS) is 20.8. The first-order chi connectivity index (χ1) is 8.74. The van der Waals surface area contributed by atoms with E-state index < -0.39 is 0 Å². The van der Waals surface area contributed by atoms with Gasteiger partial charge in [0.2, 0.25) is 0 Å². The van der Waals surface area contributed by atoms with Gasteiger partial charge in [-0.15, -0.1) is 11.3 Å². The zero-order chi connectivity index (χ0) is 13.0. The highest BCUT2D eigenvalue weighted by Crippen LogP contribution is 2.24. The van der Waals surface area contributed by atoms with Gasteiger partial charge < -0.3 is 0 Å². The summed E-state index contributed by atoms with van der Waals surface area (Å²) in [6.07, 6.45) is 5.91. The second kappa shape index (κ2) is 6.31. The van der Waals surface area contributed by atoms with Gasteiger partial charge >= 0.3 is 0 Å². The number of hydrogen-bond acceptors (Lipinski definition) is 4. The van der Waals surface area contributed by atoms with Crippen molar-refractivity contribution in [2.45, 2.75) is 58.5 Å². The molecule has 3 nitrogen and oxygen atoms in total. The van der Waals surface area contributed by atoms with Crippen molar-refractivity contribution >= 4 is 11.3 Å². The third-order valence-corrected chi connectivity index (χ3v) is 4.60. The van der Waals surface area contributed by atoms with Crippen molar-refractivity contribution < 1.29 is 0 Å². The number of piperidine rings is 1. The Kier molecular flexibility index (Phi) is 4.73. The first kappa shape index (κ1) is 13.5. The minimum atomic E-state index is 0.655. The molecule has 4 heteroatoms. The van der Waals surface area contributed by atoms with Crippen molar-refractivity contribution in [3.05, 3.63) is 15.6 Å². The Morgan fingerprint density at radius 1 is 1.50 bits per heavy atom. The van der Waals surface area contributed by atoms with Crippen molar-refractivity contribution in [2.24, 2.45) is 0 Å². The Balaban J connectivity index is 2.07. The molecule has 2 rings (SSSR count). The summed E-state index contributed by atoms with van der Waals surface area (Å²) in [6, 6.07) is 2.94. The molecule has 1 aliphatic heterocycles. The monoisotopic (exact) mass is 263 g/mol. The van der Waals surface area contributed by atoms with Crippen LogP contribution in [0.2, 0.25) is 0 Å². The van der Waals surface area contributed by atoms with E-state index in [1.165, 1.54) is 25.8 Å². The average Bonchev–Trinajstić information content (AvgIpc) is 2.75. The highest BCUT2D eigenvalue weighted by molar-refractivity contribution is 7.12. The van der Waals surface area contributed by atoms with Crippen LogP contribution in [0.25, 0.3) is 0 Å². The van der Waals surface area contributed by atoms with E-state index in [1.54, 1.807) is 11.3 Å². The van der Waals surface area contributed by atoms with E-state index in [0.29, 0.717) is 6.04 Å². The first-order valence-electron chi connectivity index (χ1n) is 6.87. The number of thiazole rings is 1. The number of aromatic nitrogens is 1. The van der Waals surface area contributed by atoms with E-state index in [1.807, 2.05) is 0 Å². The van der Waals surface area contributed by atoms with Gasteiger partial charge in [-0.25, -0.2) is 4.98 Å². The zero-order valence-corrected chi connectivity index (χ0v) is 12.1. The summed E-state index contributed by atoms with van der Waals surface area (Å²) in [6.45, 7) is 6.52. The van der Waals surface area contributed by atoms with Gasteiger partial charge in [0.25, 0.3) is 0 Å². The van der Waals surface area contributed by atoms with Crippen LogP contribution >= 0.6 is 11.3 Å². The minimum Gasteiger partial charge on any atom is -0.294 e. The van der Waals surface area contributed by atoms with Crippen molar-refractivity contribution in [2.75, 3.05) is 6.54 Å². The lowest BCUT2D eigenvalue weighted by molar-refractivity contribution is 0.152. The number of rotatable bonds is 4. The molecule has 0 spiro atoms. The number of aryl methyl sites for hydroxylation is 1. The van der Waals surface area contributed by atoms with Crippen molar-refractivity contribution in [3.8, 4) is 6.07 Å². The Labute approximate surface area is 113 Å². The Hall–Kier alpha value is -0.920. The Morgan fingerprint density at radius 3 is 3.00 bits per heavy atom. The maximum Gasteiger partial charge on any atom is 0.128 e. The molecule has 1 aliphatic rings. The minimum absolute atomic E-state index is 0.655. The lowest BCUT2D eigenvalue weighted by atomic mass is 10.0. The molecule has 1 atom stereocenters. The smallest absolute Gasteiger partial charge is 0.128 e. The van der Waals surface area contributed by atoms with Crippen LogP contribution in [0, 0.1) is 11.3 Å². The van der Waals surface area contributed by atoms with Crippen LogP contribution in [-0.4, -0.2) is 22.5 Å². The van der Waals surface area contributed by atoms with Crippen LogP contribution in [0.4, 0.5) is 0 Å². The molecule has 0 aromatic carbocycles. The van der Waals surface area contributed by atoms with Gasteiger partial charge in [0.15, 0.2) is 0 Å². The number of nitrogens with zero attached hydrogens (tertiary/aromatic N) is 3. The van der Waals surface area contributed by atoms with Gasteiger partial charge in [0.1, 0.15) is 16.0 Å². The predicted octanol–water partition coefficient (Wildman–Crippen LogP) is 3.34. The quantitative estimate of drug-likeness (QED) is 0.836. The van der Waals surface area contributed by atoms with Crippen molar-refractivity contribution in [3.63, 3.8) is 0 Å². The largest absolute Gasteiger partial charge is 0.294 e. The summed E-state index contributed by atoms with van der Waals surface area (Å²) in [7, 11) is 0. The fraction of sp³-hybridized carbons (Fsp3) is 0.714. The fourth-order valence-electron chi connectivity index (χ4n) is 2.53. The van der Waals surface area contributed by atoms with Crippen molar-refractivity contribution in [1.82, 2.24) is 9.88 Å². The SMILES string of the molecule is CCCc1nc(CN2CCCCC2C)sc1C#N. The van der Waals surface area contributed by atoms with Crippen molar-refractivity contribution in [1.29, 1.82) is 5.26 Å². The number of likely N-dealkylation sites (tertiary alicyclic amines) is 1. The van der Waals surface area contributed by atoms with Gasteiger partial charge in [-0.1, -0.05) is 19.8 Å². The van der Waals surface area contributed by atoms with E-state index >= 15 is 0 Å². The third-order valence-electron chi connectivity index (χ3n) is 3.61. The summed E-state index contributed by atoms with van der Waals surface area (Å²) in [4.78, 5) is 7.97. The summed E-state index contributed by atoms with van der Waals surface area (Å²) >= 11 is 1.58. The second-order valence-corrected chi connectivity index (χ2v) is 6.14. The molecule has 1 aromatic heterocycles. The molecule has 1 unspecified atom stereocenters. The van der Waals surface area contributed by atoms with Crippen LogP contribution in [0.5, 0.6) is 0 Å². The molecule has 0 radical (unpaired) electrons. The Bertz CT molecular complexity index is 433. The number of nitriles is 1. The average molecular weight is 263 g/mol. The highest BCUT2D eigenvalue weighted by atomic mass is 32.1. The van der Waals surface area contributed by atoms with E-state index in [4.69, 9.17) is 5.26 Å². The molecular formula is C14H21N3S. The summed E-state index contributed by atoms with van der Waals surface area (Å²) in [5, 5.41) is 10.2. The fourth-order valence-corrected chi connectivity index (χ4v) is 3.46. The summed E-state index contributed by atoms with van der Waals surface area (Å²) in [5.74, 6) is 0. The van der Waals surface area contributed by atoms with Crippen LogP contribution in [0.1, 0.15) is 55.1 Å². The van der Waals surface area contributed by atoms with Crippen LogP contribution in [0.3, 0.4) is 0 Å². The van der Waals surface area contributed by atoms with E-state index in [2.05, 4.69) is 29.8 Å². The highest BCUT2D eigenvalue weighted by Gasteiger charge is 2.20. The lowest BCUT2D eigenvalue weighted by Crippen LogP contribution is -2.36. The molecule has 1 aromatic rings. The van der Waals surface area contributed by atoms with Gasteiger partial charge in [0, 0.05) is 6.04 Å². The number of hydrogen-bond donors (Lipinski definition) is 0. The Morgan fingerprint density at radius 2 is 2.33 bits per heavy atom. The van der Waals surface area contributed by atoms with Crippen LogP contribution in [-0.2, 0) is 13.0 Å². The molecule has 98 valence electrons. The van der Waals surface area contributed by atoms with Crippen LogP contribution < -0.4 is 0 Å². The molecule has 0 N–H and O–H groups in total. The molecule has 0 aliphatic carbocycles. The van der Waals surface area contributed by atoms with Gasteiger partial charge in [-0.3, -0.25) is 4.90 Å². The topological polar surface area (TPSA) is 39.9 Å². The van der Waals surface area contributed by atoms with E-state index in [9.17, 15) is 0 Å². The molecule has 0 saturated carbocycles. The standard InChI is InChI=1S/C14H21N3S/c1-3-6-12-13(9-15)18-14(16-12)10-17-8-5-4-7-11(17)2/h11H,3-8,10H2,1-2H3. The van der Waals surface area contributed by atoms with Crippen LogP contribution in [0.15, 0.2) is 0 Å². The summed E-state index contributed by atoms with van der Waals surface area (Å²) in [5.41, 5.74) is 1.00. The third kappa shape index (κ3) is 3.09. The molecular weight excluding hydrogens is 242 g/mol. The molecule has 2 heterocycles. The second-order valence-electron chi connectivity index (χ2n) is 5.06.